The smallest absolute Gasteiger partial charge is 0.265 e. The van der Waals surface area contributed by atoms with E-state index >= 15 is 0 Å². The quantitative estimate of drug-likeness (QED) is 0.618. The maximum Gasteiger partial charge on any atom is 0.265 e. The molecule has 1 aliphatic rings. The fourth-order valence-corrected chi connectivity index (χ4v) is 5.27. The number of methoxy groups -OCH3 is 1. The Kier molecular flexibility index (Phi) is 7.08. The first kappa shape index (κ1) is 22.6. The number of sulfonamides is 1. The van der Waals surface area contributed by atoms with Crippen molar-refractivity contribution in [3.8, 4) is 5.75 Å². The third kappa shape index (κ3) is 5.16. The average molecular weight is 495 g/mol. The molecule has 0 radical (unpaired) electrons. The fraction of sp³-hybridized carbons (Fsp3) is 0.409. The highest BCUT2D eigenvalue weighted by Crippen LogP contribution is 2.30. The van der Waals surface area contributed by atoms with Crippen molar-refractivity contribution in [3.63, 3.8) is 0 Å². The van der Waals surface area contributed by atoms with Gasteiger partial charge in [-0.3, -0.25) is 9.52 Å². The second-order valence-electron chi connectivity index (χ2n) is 7.81. The third-order valence-electron chi connectivity index (χ3n) is 5.65. The van der Waals surface area contributed by atoms with Crippen molar-refractivity contribution < 1.29 is 17.9 Å². The number of nitrogens with zero attached hydrogens (tertiary/aromatic N) is 1. The SMILES string of the molecule is COc1ccc(C(=O)N(C)C2CCC(C)CC2)cc1S(=O)(=O)Nc1ccc(Br)cc1. The molecule has 1 N–H and O–H groups in total. The summed E-state index contributed by atoms with van der Waals surface area (Å²) < 4.78 is 34.7. The van der Waals surface area contributed by atoms with Gasteiger partial charge >= 0.3 is 0 Å². The summed E-state index contributed by atoms with van der Waals surface area (Å²) in [7, 11) is -0.743. The van der Waals surface area contributed by atoms with Gasteiger partial charge in [-0.2, -0.15) is 0 Å². The van der Waals surface area contributed by atoms with Gasteiger partial charge in [0.2, 0.25) is 0 Å². The van der Waals surface area contributed by atoms with E-state index in [2.05, 4.69) is 27.6 Å². The van der Waals surface area contributed by atoms with Gasteiger partial charge in [0, 0.05) is 28.8 Å². The Morgan fingerprint density at radius 3 is 2.33 bits per heavy atom. The first-order valence-corrected chi connectivity index (χ1v) is 12.2. The van der Waals surface area contributed by atoms with Crippen molar-refractivity contribution >= 4 is 37.5 Å². The molecule has 8 heteroatoms. The van der Waals surface area contributed by atoms with E-state index in [1.807, 2.05) is 0 Å². The standard InChI is InChI=1S/C22H27BrN2O4S/c1-15-4-11-19(12-5-15)25(2)22(26)16-6-13-20(29-3)21(14-16)30(27,28)24-18-9-7-17(23)8-10-18/h6-10,13-15,19,24H,4-5,11-12H2,1-3H3. The number of nitrogens with one attached hydrogen (secondary N) is 1. The molecule has 0 heterocycles. The Morgan fingerprint density at radius 2 is 1.73 bits per heavy atom. The minimum atomic E-state index is -3.94. The summed E-state index contributed by atoms with van der Waals surface area (Å²) in [4.78, 5) is 14.7. The summed E-state index contributed by atoms with van der Waals surface area (Å²) in [5.41, 5.74) is 0.749. The van der Waals surface area contributed by atoms with Gasteiger partial charge in [0.25, 0.3) is 15.9 Å². The first-order chi connectivity index (χ1) is 14.2. The van der Waals surface area contributed by atoms with Crippen molar-refractivity contribution in [1.82, 2.24) is 4.90 Å². The molecule has 0 atom stereocenters. The number of hydrogen-bond acceptors (Lipinski definition) is 4. The molecule has 0 bridgehead atoms. The molecule has 30 heavy (non-hydrogen) atoms. The van der Waals surface area contributed by atoms with Crippen molar-refractivity contribution in [2.75, 3.05) is 18.9 Å². The van der Waals surface area contributed by atoms with Crippen LogP contribution in [0.25, 0.3) is 0 Å². The van der Waals surface area contributed by atoms with Crippen molar-refractivity contribution in [3.05, 3.63) is 52.5 Å². The molecule has 0 unspecified atom stereocenters. The maximum atomic E-state index is 13.1. The summed E-state index contributed by atoms with van der Waals surface area (Å²) in [6, 6.07) is 11.5. The van der Waals surface area contributed by atoms with Crippen LogP contribution in [0.15, 0.2) is 51.8 Å². The number of hydrogen-bond donors (Lipinski definition) is 1. The van der Waals surface area contributed by atoms with Crippen molar-refractivity contribution in [2.45, 2.75) is 43.5 Å². The number of anilines is 1. The number of halogens is 1. The molecule has 0 aliphatic heterocycles. The molecule has 1 fully saturated rings. The maximum absolute atomic E-state index is 13.1. The highest BCUT2D eigenvalue weighted by Gasteiger charge is 2.27. The molecule has 1 amide bonds. The predicted octanol–water partition coefficient (Wildman–Crippen LogP) is 4.91. The zero-order chi connectivity index (χ0) is 21.9. The van der Waals surface area contributed by atoms with E-state index in [0.717, 1.165) is 30.2 Å². The molecule has 1 aliphatic carbocycles. The number of benzene rings is 2. The topological polar surface area (TPSA) is 75.7 Å². The number of rotatable bonds is 6. The van der Waals surface area contributed by atoms with E-state index in [4.69, 9.17) is 4.74 Å². The Bertz CT molecular complexity index is 1000. The summed E-state index contributed by atoms with van der Waals surface area (Å²) in [5, 5.41) is 0. The second kappa shape index (κ2) is 9.39. The Hall–Kier alpha value is -2.06. The van der Waals surface area contributed by atoms with E-state index in [1.165, 1.54) is 19.2 Å². The zero-order valence-electron chi connectivity index (χ0n) is 17.4. The Balaban J connectivity index is 1.87. The minimum absolute atomic E-state index is 0.0653. The van der Waals surface area contributed by atoms with Gasteiger partial charge in [-0.15, -0.1) is 0 Å². The van der Waals surface area contributed by atoms with Gasteiger partial charge in [0.05, 0.1) is 7.11 Å². The van der Waals surface area contributed by atoms with Gasteiger partial charge < -0.3 is 9.64 Å². The minimum Gasteiger partial charge on any atom is -0.495 e. The lowest BCUT2D eigenvalue weighted by molar-refractivity contribution is 0.0679. The Morgan fingerprint density at radius 1 is 1.10 bits per heavy atom. The van der Waals surface area contributed by atoms with Crippen molar-refractivity contribution in [1.29, 1.82) is 0 Å². The van der Waals surface area contributed by atoms with Crippen LogP contribution in [-0.4, -0.2) is 39.4 Å². The number of carbonyl (C=O) groups is 1. The summed E-state index contributed by atoms with van der Waals surface area (Å²) >= 11 is 3.33. The fourth-order valence-electron chi connectivity index (χ4n) is 3.75. The average Bonchev–Trinajstić information content (AvgIpc) is 2.74. The lowest BCUT2D eigenvalue weighted by Crippen LogP contribution is -2.39. The van der Waals surface area contributed by atoms with Crippen LogP contribution in [0.3, 0.4) is 0 Å². The van der Waals surface area contributed by atoms with Crippen LogP contribution < -0.4 is 9.46 Å². The lowest BCUT2D eigenvalue weighted by Gasteiger charge is -2.33. The van der Waals surface area contributed by atoms with Crippen molar-refractivity contribution in [2.24, 2.45) is 5.92 Å². The van der Waals surface area contributed by atoms with Crippen LogP contribution >= 0.6 is 15.9 Å². The van der Waals surface area contributed by atoms with E-state index in [9.17, 15) is 13.2 Å². The van der Waals surface area contributed by atoms with Crippen LogP contribution in [0.5, 0.6) is 5.75 Å². The van der Waals surface area contributed by atoms with Gasteiger partial charge in [-0.25, -0.2) is 8.42 Å². The van der Waals surface area contributed by atoms with E-state index < -0.39 is 10.0 Å². The second-order valence-corrected chi connectivity index (χ2v) is 10.4. The molecule has 1 saturated carbocycles. The highest BCUT2D eigenvalue weighted by molar-refractivity contribution is 9.10. The molecular formula is C22H27BrN2O4S. The zero-order valence-corrected chi connectivity index (χ0v) is 19.8. The molecule has 6 nitrogen and oxygen atoms in total. The largest absolute Gasteiger partial charge is 0.495 e. The summed E-state index contributed by atoms with van der Waals surface area (Å²) in [6.45, 7) is 2.23. The normalized spacial score (nSPS) is 19.2. The van der Waals surface area contributed by atoms with E-state index in [-0.39, 0.29) is 22.6 Å². The van der Waals surface area contributed by atoms with E-state index in [0.29, 0.717) is 17.2 Å². The third-order valence-corrected chi connectivity index (χ3v) is 7.58. The molecular weight excluding hydrogens is 468 g/mol. The summed E-state index contributed by atoms with van der Waals surface area (Å²) in [5.74, 6) is 0.690. The van der Waals surface area contributed by atoms with Gasteiger partial charge in [-0.05, 0) is 74.1 Å². The molecule has 2 aromatic carbocycles. The Labute approximate surface area is 186 Å². The van der Waals surface area contributed by atoms with Gasteiger partial charge in [0.1, 0.15) is 10.6 Å². The lowest BCUT2D eigenvalue weighted by atomic mass is 9.86. The van der Waals surface area contributed by atoms with Crippen LogP contribution in [0.2, 0.25) is 0 Å². The molecule has 3 rings (SSSR count). The van der Waals surface area contributed by atoms with Crippen LogP contribution in [0.4, 0.5) is 5.69 Å². The van der Waals surface area contributed by atoms with Gasteiger partial charge in [0.15, 0.2) is 0 Å². The molecule has 2 aromatic rings. The molecule has 0 saturated heterocycles. The molecule has 162 valence electrons. The summed E-state index contributed by atoms with van der Waals surface area (Å²) in [6.07, 6.45) is 4.13. The van der Waals surface area contributed by atoms with Crippen LogP contribution in [-0.2, 0) is 10.0 Å². The molecule has 0 spiro atoms. The van der Waals surface area contributed by atoms with Gasteiger partial charge in [-0.1, -0.05) is 22.9 Å². The molecule has 0 aromatic heterocycles. The number of ether oxygens (including phenoxy) is 1. The first-order valence-electron chi connectivity index (χ1n) is 9.95. The van der Waals surface area contributed by atoms with Crippen LogP contribution in [0, 0.1) is 5.92 Å². The monoisotopic (exact) mass is 494 g/mol. The highest BCUT2D eigenvalue weighted by atomic mass is 79.9. The van der Waals surface area contributed by atoms with E-state index in [1.54, 1.807) is 42.3 Å². The number of carbonyl (C=O) groups excluding carboxylic acids is 1. The number of amides is 1. The van der Waals surface area contributed by atoms with Crippen LogP contribution in [0.1, 0.15) is 43.0 Å². The predicted molar refractivity (Wildman–Crippen MR) is 121 cm³/mol.